The molecule has 1 heterocycles. The van der Waals surface area contributed by atoms with Crippen LogP contribution in [0.1, 0.15) is 5.56 Å². The van der Waals surface area contributed by atoms with Crippen LogP contribution in [0.3, 0.4) is 0 Å². The Hall–Kier alpha value is -2.08. The number of benzene rings is 1. The molecule has 1 aromatic carbocycles. The Morgan fingerprint density at radius 2 is 2.11 bits per heavy atom. The number of carbonyl (C=O) groups excluding carboxylic acids is 1. The van der Waals surface area contributed by atoms with Crippen LogP contribution < -0.4 is 14.8 Å². The van der Waals surface area contributed by atoms with Crippen LogP contribution >= 0.6 is 12.2 Å². The minimum atomic E-state index is -0.370. The first-order chi connectivity index (χ1) is 8.63. The van der Waals surface area contributed by atoms with Crippen molar-refractivity contribution in [1.82, 2.24) is 5.32 Å². The van der Waals surface area contributed by atoms with Crippen LogP contribution in [0.4, 0.5) is 0 Å². The smallest absolute Gasteiger partial charge is 0.294 e. The van der Waals surface area contributed by atoms with Crippen LogP contribution in [-0.4, -0.2) is 25.3 Å². The Morgan fingerprint density at radius 1 is 1.33 bits per heavy atom. The van der Waals surface area contributed by atoms with Crippen molar-refractivity contribution in [3.63, 3.8) is 0 Å². The standard InChI is InChI=1S/C12H11NO4S/c1-15-8-3-4-9(16-2)7(5-8)6-10-11(14)13-12(18)17-10/h3-6H,1-2H3,(H,13,14,18)/b10-6-. The lowest BCUT2D eigenvalue weighted by atomic mass is 10.1. The van der Waals surface area contributed by atoms with Crippen molar-refractivity contribution < 1.29 is 19.0 Å². The third-order valence-corrected chi connectivity index (χ3v) is 2.55. The van der Waals surface area contributed by atoms with Gasteiger partial charge < -0.3 is 14.2 Å². The maximum Gasteiger partial charge on any atom is 0.294 e. The fourth-order valence-corrected chi connectivity index (χ4v) is 1.70. The molecule has 18 heavy (non-hydrogen) atoms. The summed E-state index contributed by atoms with van der Waals surface area (Å²) in [7, 11) is 3.11. The highest BCUT2D eigenvalue weighted by Gasteiger charge is 2.23. The summed E-state index contributed by atoms with van der Waals surface area (Å²) in [6.07, 6.45) is 1.55. The summed E-state index contributed by atoms with van der Waals surface area (Å²) in [6.45, 7) is 0. The van der Waals surface area contributed by atoms with Gasteiger partial charge in [0.25, 0.3) is 11.1 Å². The summed E-state index contributed by atoms with van der Waals surface area (Å²) >= 11 is 4.75. The van der Waals surface area contributed by atoms with E-state index in [-0.39, 0.29) is 16.8 Å². The SMILES string of the molecule is COc1ccc(OC)c(/C=C2\OC(=S)NC2=O)c1. The monoisotopic (exact) mass is 265 g/mol. The zero-order valence-corrected chi connectivity index (χ0v) is 10.7. The van der Waals surface area contributed by atoms with E-state index >= 15 is 0 Å². The van der Waals surface area contributed by atoms with Gasteiger partial charge in [0.05, 0.1) is 14.2 Å². The van der Waals surface area contributed by atoms with E-state index in [9.17, 15) is 4.79 Å². The van der Waals surface area contributed by atoms with Gasteiger partial charge in [0.15, 0.2) is 5.76 Å². The summed E-state index contributed by atoms with van der Waals surface area (Å²) in [6, 6.07) is 5.25. The first-order valence-corrected chi connectivity index (χ1v) is 5.51. The number of rotatable bonds is 3. The predicted octanol–water partition coefficient (Wildman–Crippen LogP) is 1.48. The number of hydrogen-bond acceptors (Lipinski definition) is 5. The highest BCUT2D eigenvalue weighted by atomic mass is 32.1. The molecule has 0 spiro atoms. The van der Waals surface area contributed by atoms with E-state index in [1.165, 1.54) is 0 Å². The molecule has 1 amide bonds. The molecule has 2 rings (SSSR count). The van der Waals surface area contributed by atoms with Crippen LogP contribution in [-0.2, 0) is 9.53 Å². The molecule has 1 saturated heterocycles. The van der Waals surface area contributed by atoms with Crippen molar-refractivity contribution in [1.29, 1.82) is 0 Å². The van der Waals surface area contributed by atoms with E-state index in [2.05, 4.69) is 5.32 Å². The molecular formula is C12H11NO4S. The van der Waals surface area contributed by atoms with Crippen molar-refractivity contribution in [2.45, 2.75) is 0 Å². The molecule has 0 aliphatic carbocycles. The Labute approximate surface area is 109 Å². The number of hydrogen-bond donors (Lipinski definition) is 1. The molecule has 0 aromatic heterocycles. The molecule has 1 N–H and O–H groups in total. The fraction of sp³-hybridized carbons (Fsp3) is 0.167. The van der Waals surface area contributed by atoms with Gasteiger partial charge in [-0.15, -0.1) is 0 Å². The Balaban J connectivity index is 2.40. The maximum absolute atomic E-state index is 11.5. The molecule has 94 valence electrons. The van der Waals surface area contributed by atoms with E-state index in [4.69, 9.17) is 26.4 Å². The topological polar surface area (TPSA) is 56.8 Å². The second-order valence-corrected chi connectivity index (χ2v) is 3.83. The van der Waals surface area contributed by atoms with Crippen molar-refractivity contribution in [3.8, 4) is 11.5 Å². The molecule has 5 nitrogen and oxygen atoms in total. The summed E-state index contributed by atoms with van der Waals surface area (Å²) in [5.74, 6) is 1.03. The number of thiocarbonyl (C=S) groups is 1. The van der Waals surface area contributed by atoms with Crippen LogP contribution in [0.25, 0.3) is 6.08 Å². The van der Waals surface area contributed by atoms with Crippen LogP contribution in [0.15, 0.2) is 24.0 Å². The van der Waals surface area contributed by atoms with Crippen LogP contribution in [0.2, 0.25) is 0 Å². The van der Waals surface area contributed by atoms with Gasteiger partial charge in [-0.2, -0.15) is 0 Å². The van der Waals surface area contributed by atoms with Gasteiger partial charge in [0.1, 0.15) is 11.5 Å². The Morgan fingerprint density at radius 3 is 2.67 bits per heavy atom. The van der Waals surface area contributed by atoms with Gasteiger partial charge in [0, 0.05) is 5.56 Å². The van der Waals surface area contributed by atoms with Gasteiger partial charge in [0.2, 0.25) is 0 Å². The maximum atomic E-state index is 11.5. The number of ether oxygens (including phenoxy) is 3. The van der Waals surface area contributed by atoms with Crippen molar-refractivity contribution in [3.05, 3.63) is 29.5 Å². The quantitative estimate of drug-likeness (QED) is 0.662. The lowest BCUT2D eigenvalue weighted by molar-refractivity contribution is -0.116. The second-order valence-electron chi connectivity index (χ2n) is 3.46. The van der Waals surface area contributed by atoms with Crippen LogP contribution in [0.5, 0.6) is 11.5 Å². The van der Waals surface area contributed by atoms with Gasteiger partial charge >= 0.3 is 0 Å². The highest BCUT2D eigenvalue weighted by Crippen LogP contribution is 2.27. The normalized spacial score (nSPS) is 16.4. The lowest BCUT2D eigenvalue weighted by Crippen LogP contribution is -2.18. The largest absolute Gasteiger partial charge is 0.497 e. The Kier molecular flexibility index (Phi) is 3.47. The highest BCUT2D eigenvalue weighted by molar-refractivity contribution is 7.80. The average Bonchev–Trinajstić information content (AvgIpc) is 2.67. The van der Waals surface area contributed by atoms with Crippen LogP contribution in [0, 0.1) is 0 Å². The number of carbonyl (C=O) groups is 1. The molecule has 1 aromatic rings. The number of methoxy groups -OCH3 is 2. The summed E-state index contributed by atoms with van der Waals surface area (Å²) < 4.78 is 15.4. The van der Waals surface area contributed by atoms with E-state index in [0.717, 1.165) is 0 Å². The third kappa shape index (κ3) is 2.43. The van der Waals surface area contributed by atoms with Crippen molar-refractivity contribution in [2.24, 2.45) is 0 Å². The number of nitrogens with one attached hydrogen (secondary N) is 1. The molecule has 0 saturated carbocycles. The van der Waals surface area contributed by atoms with E-state index in [0.29, 0.717) is 17.1 Å². The van der Waals surface area contributed by atoms with E-state index in [1.807, 2.05) is 0 Å². The minimum absolute atomic E-state index is 0.0492. The molecule has 1 aliphatic rings. The molecule has 0 radical (unpaired) electrons. The molecular weight excluding hydrogens is 254 g/mol. The fourth-order valence-electron chi connectivity index (χ4n) is 1.51. The summed E-state index contributed by atoms with van der Waals surface area (Å²) in [4.78, 5) is 11.5. The number of amides is 1. The summed E-state index contributed by atoms with van der Waals surface area (Å²) in [5, 5.41) is 2.43. The lowest BCUT2D eigenvalue weighted by Gasteiger charge is -2.07. The molecule has 0 unspecified atom stereocenters. The van der Waals surface area contributed by atoms with E-state index in [1.54, 1.807) is 38.5 Å². The van der Waals surface area contributed by atoms with Crippen molar-refractivity contribution in [2.75, 3.05) is 14.2 Å². The van der Waals surface area contributed by atoms with Gasteiger partial charge in [-0.1, -0.05) is 0 Å². The third-order valence-electron chi connectivity index (χ3n) is 2.37. The molecule has 1 aliphatic heterocycles. The predicted molar refractivity (Wildman–Crippen MR) is 69.3 cm³/mol. The Bertz CT molecular complexity index is 539. The minimum Gasteiger partial charge on any atom is -0.497 e. The first-order valence-electron chi connectivity index (χ1n) is 5.11. The zero-order valence-electron chi connectivity index (χ0n) is 9.85. The van der Waals surface area contributed by atoms with Gasteiger partial charge in [-0.05, 0) is 36.5 Å². The average molecular weight is 265 g/mol. The second kappa shape index (κ2) is 5.05. The molecule has 0 atom stereocenters. The van der Waals surface area contributed by atoms with E-state index < -0.39 is 0 Å². The van der Waals surface area contributed by atoms with Gasteiger partial charge in [-0.3, -0.25) is 10.1 Å². The first kappa shape index (κ1) is 12.4. The molecule has 0 bridgehead atoms. The van der Waals surface area contributed by atoms with Gasteiger partial charge in [-0.25, -0.2) is 0 Å². The molecule has 6 heteroatoms. The summed E-state index contributed by atoms with van der Waals surface area (Å²) in [5.41, 5.74) is 0.673. The zero-order chi connectivity index (χ0) is 13.1. The van der Waals surface area contributed by atoms with Crippen molar-refractivity contribution >= 4 is 29.4 Å². The molecule has 1 fully saturated rings.